The van der Waals surface area contributed by atoms with Gasteiger partial charge in [0.1, 0.15) is 6.10 Å². The molecule has 5 unspecified atom stereocenters. The maximum absolute atomic E-state index is 10.4. The van der Waals surface area contributed by atoms with Crippen molar-refractivity contribution in [1.82, 2.24) is 0 Å². The van der Waals surface area contributed by atoms with Crippen LogP contribution in [-0.4, -0.2) is 52.0 Å². The van der Waals surface area contributed by atoms with Gasteiger partial charge in [-0.1, -0.05) is 0 Å². The lowest BCUT2D eigenvalue weighted by Gasteiger charge is -2.36. The Hall–Kier alpha value is -0.690. The Balaban J connectivity index is 2.37. The van der Waals surface area contributed by atoms with Crippen molar-refractivity contribution in [2.75, 3.05) is 0 Å². The summed E-state index contributed by atoms with van der Waals surface area (Å²) in [6.07, 6.45) is -2.49. The molecule has 0 saturated carbocycles. The number of aliphatic carboxylic acids is 1. The highest BCUT2D eigenvalue weighted by Gasteiger charge is 2.35. The number of rotatable bonds is 5. The molecule has 1 aliphatic rings. The van der Waals surface area contributed by atoms with Crippen molar-refractivity contribution in [2.24, 2.45) is 0 Å². The van der Waals surface area contributed by atoms with E-state index in [0.717, 1.165) is 0 Å². The van der Waals surface area contributed by atoms with E-state index in [1.165, 1.54) is 0 Å². The number of hydrogen-bond donors (Lipinski definition) is 3. The molecule has 0 radical (unpaired) electrons. The Bertz CT molecular complexity index is 256. The van der Waals surface area contributed by atoms with E-state index in [1.807, 2.05) is 0 Å². The van der Waals surface area contributed by atoms with Crippen LogP contribution in [0.4, 0.5) is 0 Å². The van der Waals surface area contributed by atoms with Gasteiger partial charge in [-0.05, 0) is 20.3 Å². The fourth-order valence-corrected chi connectivity index (χ4v) is 1.69. The highest BCUT2D eigenvalue weighted by molar-refractivity contribution is 5.66. The quantitative estimate of drug-likeness (QED) is 0.639. The van der Waals surface area contributed by atoms with Gasteiger partial charge in [-0.15, -0.1) is 0 Å². The first kappa shape index (κ1) is 14.4. The van der Waals surface area contributed by atoms with Crippen LogP contribution in [0, 0.1) is 0 Å². The van der Waals surface area contributed by atoms with E-state index >= 15 is 0 Å². The number of carbonyl (C=O) groups is 1. The fraction of sp³-hybridized carbons (Fsp3) is 0.909. The van der Waals surface area contributed by atoms with Gasteiger partial charge in [-0.2, -0.15) is 0 Å². The zero-order chi connectivity index (χ0) is 13.0. The summed E-state index contributed by atoms with van der Waals surface area (Å²) < 4.78 is 10.7. The minimum atomic E-state index is -0.881. The molecule has 1 fully saturated rings. The number of carboxylic acids is 1. The zero-order valence-corrected chi connectivity index (χ0v) is 10.1. The van der Waals surface area contributed by atoms with Crippen molar-refractivity contribution in [3.8, 4) is 0 Å². The Kier molecular flexibility index (Phi) is 5.32. The monoisotopic (exact) mass is 248 g/mol. The molecule has 0 amide bonds. The third-order valence-electron chi connectivity index (χ3n) is 2.82. The number of carboxylic acid groups (broad SMARTS) is 1. The lowest BCUT2D eigenvalue weighted by molar-refractivity contribution is -0.273. The molecule has 6 nitrogen and oxygen atoms in total. The van der Waals surface area contributed by atoms with Gasteiger partial charge >= 0.3 is 5.97 Å². The van der Waals surface area contributed by atoms with Crippen LogP contribution in [0.3, 0.4) is 0 Å². The standard InChI is InChI=1S/C11H20O6/c1-6(3-4-10(14)15)16-11-9(13)5-8(12)7(2)17-11/h6-9,11-13H,3-5H2,1-2H3,(H,14,15). The second-order valence-electron chi connectivity index (χ2n) is 4.46. The lowest BCUT2D eigenvalue weighted by atomic mass is 10.0. The van der Waals surface area contributed by atoms with Crippen molar-refractivity contribution >= 4 is 5.97 Å². The average molecular weight is 248 g/mol. The van der Waals surface area contributed by atoms with Gasteiger partial charge in [0.05, 0.1) is 18.3 Å². The van der Waals surface area contributed by atoms with E-state index < -0.39 is 30.6 Å². The Morgan fingerprint density at radius 1 is 1.47 bits per heavy atom. The summed E-state index contributed by atoms with van der Waals surface area (Å²) in [6.45, 7) is 3.43. The van der Waals surface area contributed by atoms with E-state index in [4.69, 9.17) is 14.6 Å². The molecule has 0 aromatic rings. The van der Waals surface area contributed by atoms with Crippen molar-refractivity contribution in [1.29, 1.82) is 0 Å². The van der Waals surface area contributed by atoms with Crippen LogP contribution in [0.2, 0.25) is 0 Å². The third-order valence-corrected chi connectivity index (χ3v) is 2.82. The van der Waals surface area contributed by atoms with Crippen LogP contribution in [0.1, 0.15) is 33.1 Å². The summed E-state index contributed by atoms with van der Waals surface area (Å²) in [5, 5.41) is 27.6. The van der Waals surface area contributed by atoms with Crippen molar-refractivity contribution in [3.63, 3.8) is 0 Å². The Morgan fingerprint density at radius 2 is 2.12 bits per heavy atom. The topological polar surface area (TPSA) is 96.2 Å². The lowest BCUT2D eigenvalue weighted by Crippen LogP contribution is -2.48. The maximum atomic E-state index is 10.4. The van der Waals surface area contributed by atoms with Crippen molar-refractivity contribution < 1.29 is 29.6 Å². The molecule has 0 aliphatic carbocycles. The maximum Gasteiger partial charge on any atom is 0.303 e. The molecule has 6 heteroatoms. The molecule has 1 rings (SSSR count). The van der Waals surface area contributed by atoms with Crippen LogP contribution in [0.15, 0.2) is 0 Å². The minimum Gasteiger partial charge on any atom is -0.481 e. The average Bonchev–Trinajstić information content (AvgIpc) is 2.23. The van der Waals surface area contributed by atoms with Gasteiger partial charge in [0.2, 0.25) is 0 Å². The largest absolute Gasteiger partial charge is 0.481 e. The van der Waals surface area contributed by atoms with Gasteiger partial charge in [0, 0.05) is 12.8 Å². The molecule has 3 N–H and O–H groups in total. The summed E-state index contributed by atoms with van der Waals surface area (Å²) in [4.78, 5) is 10.4. The number of aliphatic hydroxyl groups excluding tert-OH is 2. The third kappa shape index (κ3) is 4.59. The second-order valence-corrected chi connectivity index (χ2v) is 4.46. The Morgan fingerprint density at radius 3 is 2.71 bits per heavy atom. The van der Waals surface area contributed by atoms with E-state index in [1.54, 1.807) is 13.8 Å². The Labute approximate surface area is 100 Å². The van der Waals surface area contributed by atoms with E-state index in [9.17, 15) is 15.0 Å². The van der Waals surface area contributed by atoms with Crippen LogP contribution in [0.5, 0.6) is 0 Å². The molecule has 0 aromatic heterocycles. The normalized spacial score (nSPS) is 35.5. The van der Waals surface area contributed by atoms with Crippen molar-refractivity contribution in [2.45, 2.75) is 63.8 Å². The molecular formula is C11H20O6. The molecule has 0 spiro atoms. The van der Waals surface area contributed by atoms with Gasteiger partial charge < -0.3 is 24.8 Å². The summed E-state index contributed by atoms with van der Waals surface area (Å²) in [5.74, 6) is -0.880. The van der Waals surface area contributed by atoms with Gasteiger partial charge in [0.25, 0.3) is 0 Å². The fourth-order valence-electron chi connectivity index (χ4n) is 1.69. The highest BCUT2D eigenvalue weighted by Crippen LogP contribution is 2.22. The first-order chi connectivity index (χ1) is 7.90. The number of ether oxygens (including phenoxy) is 2. The predicted molar refractivity (Wildman–Crippen MR) is 58.4 cm³/mol. The van der Waals surface area contributed by atoms with Gasteiger partial charge in [0.15, 0.2) is 6.29 Å². The van der Waals surface area contributed by atoms with Crippen LogP contribution < -0.4 is 0 Å². The first-order valence-corrected chi connectivity index (χ1v) is 5.79. The van der Waals surface area contributed by atoms with E-state index in [0.29, 0.717) is 6.42 Å². The number of hydrogen-bond acceptors (Lipinski definition) is 5. The van der Waals surface area contributed by atoms with Gasteiger partial charge in [-0.3, -0.25) is 4.79 Å². The van der Waals surface area contributed by atoms with Crippen molar-refractivity contribution in [3.05, 3.63) is 0 Å². The SMILES string of the molecule is CC(CCC(=O)O)OC1OC(C)C(O)CC1O. The molecule has 0 aromatic carbocycles. The zero-order valence-electron chi connectivity index (χ0n) is 10.1. The van der Waals surface area contributed by atoms with Crippen LogP contribution in [-0.2, 0) is 14.3 Å². The predicted octanol–water partition coefficient (Wildman–Crippen LogP) is 0.113. The summed E-state index contributed by atoms with van der Waals surface area (Å²) in [6, 6.07) is 0. The summed E-state index contributed by atoms with van der Waals surface area (Å²) in [7, 11) is 0. The molecule has 17 heavy (non-hydrogen) atoms. The van der Waals surface area contributed by atoms with E-state index in [-0.39, 0.29) is 18.9 Å². The summed E-state index contributed by atoms with van der Waals surface area (Å²) >= 11 is 0. The van der Waals surface area contributed by atoms with E-state index in [2.05, 4.69) is 0 Å². The molecule has 5 atom stereocenters. The smallest absolute Gasteiger partial charge is 0.303 e. The molecular weight excluding hydrogens is 228 g/mol. The van der Waals surface area contributed by atoms with Crippen LogP contribution in [0.25, 0.3) is 0 Å². The minimum absolute atomic E-state index is 0.0160. The van der Waals surface area contributed by atoms with Crippen LogP contribution >= 0.6 is 0 Å². The molecule has 1 saturated heterocycles. The molecule has 1 heterocycles. The highest BCUT2D eigenvalue weighted by atomic mass is 16.7. The van der Waals surface area contributed by atoms with Gasteiger partial charge in [-0.25, -0.2) is 0 Å². The molecule has 100 valence electrons. The molecule has 1 aliphatic heterocycles. The number of aliphatic hydroxyl groups is 2. The molecule has 0 bridgehead atoms. The summed E-state index contributed by atoms with van der Waals surface area (Å²) in [5.41, 5.74) is 0. The second kappa shape index (κ2) is 6.30. The first-order valence-electron chi connectivity index (χ1n) is 5.79.